The molecule has 0 radical (unpaired) electrons. The van der Waals surface area contributed by atoms with Crippen LogP contribution in [-0.4, -0.2) is 0 Å². The molecule has 0 aliphatic rings. The van der Waals surface area contributed by atoms with Crippen LogP contribution in [0.5, 0.6) is 17.2 Å². The molecule has 3 aromatic rings. The van der Waals surface area contributed by atoms with Crippen LogP contribution in [0.3, 0.4) is 0 Å². The van der Waals surface area contributed by atoms with Crippen LogP contribution in [-0.2, 0) is 34.8 Å². The van der Waals surface area contributed by atoms with Gasteiger partial charge in [-0.05, 0) is 36.4 Å². The third-order valence-corrected chi connectivity index (χ3v) is 4.18. The van der Waals surface area contributed by atoms with E-state index in [1.807, 2.05) is 0 Å². The first kappa shape index (κ1) is 32.2. The number of para-hydroxylation sites is 3. The summed E-state index contributed by atoms with van der Waals surface area (Å²) in [6.45, 7) is 0. The molecule has 0 aromatic heterocycles. The van der Waals surface area contributed by atoms with E-state index >= 15 is 0 Å². The first-order valence-corrected chi connectivity index (χ1v) is 12.9. The molecule has 0 aliphatic heterocycles. The van der Waals surface area contributed by atoms with Gasteiger partial charge in [-0.1, -0.05) is 54.6 Å². The molecule has 180 valence electrons. The summed E-state index contributed by atoms with van der Waals surface area (Å²) >= 11 is 0. The Morgan fingerprint density at radius 3 is 0.735 bits per heavy atom. The fourth-order valence-electron chi connectivity index (χ4n) is 1.83. The summed E-state index contributed by atoms with van der Waals surface area (Å²) in [7, 11) is -14.7. The van der Waals surface area contributed by atoms with Crippen molar-refractivity contribution < 1.29 is 77.7 Å². The average molecular weight is 612 g/mol. The fraction of sp³-hybridized carbons (Fsp3) is 0. The Morgan fingerprint density at radius 2 is 0.588 bits per heavy atom. The van der Waals surface area contributed by atoms with Crippen LogP contribution in [0.1, 0.15) is 0 Å². The maximum Gasteiger partial charge on any atom is 6.00 e. The molecule has 0 saturated heterocycles. The minimum Gasteiger partial charge on any atom is -0.780 e. The first-order chi connectivity index (χ1) is 15.2. The van der Waals surface area contributed by atoms with Crippen molar-refractivity contribution in [1.29, 1.82) is 0 Å². The van der Waals surface area contributed by atoms with Gasteiger partial charge in [0.25, 0.3) is 0 Å². The Morgan fingerprint density at radius 1 is 0.412 bits per heavy atom. The number of rotatable bonds is 6. The smallest absolute Gasteiger partial charge is 0.780 e. The maximum atomic E-state index is 10.1. The van der Waals surface area contributed by atoms with Crippen LogP contribution in [0.15, 0.2) is 91.0 Å². The van der Waals surface area contributed by atoms with Crippen LogP contribution in [0, 0.1) is 0 Å². The Kier molecular flexibility index (Phi) is 14.4. The zero-order chi connectivity index (χ0) is 25.0. The van der Waals surface area contributed by atoms with Crippen LogP contribution >= 0.6 is 23.5 Å². The molecule has 0 saturated carbocycles. The molecule has 0 N–H and O–H groups in total. The van der Waals surface area contributed by atoms with E-state index in [4.69, 9.17) is 0 Å². The predicted molar refractivity (Wildman–Crippen MR) is 104 cm³/mol. The topological polar surface area (TPSA) is 217 Å². The van der Waals surface area contributed by atoms with Crippen molar-refractivity contribution in [3.05, 3.63) is 91.0 Å². The normalized spacial score (nSPS) is 10.8. The molecule has 0 amide bonds. The van der Waals surface area contributed by atoms with Gasteiger partial charge >= 0.3 is 21.1 Å². The quantitative estimate of drug-likeness (QED) is 0.259. The van der Waals surface area contributed by atoms with Crippen molar-refractivity contribution in [3.63, 3.8) is 0 Å². The number of hydrogen-bond donors (Lipinski definition) is 0. The third-order valence-electron chi connectivity index (χ3n) is 2.88. The second kappa shape index (κ2) is 15.2. The second-order valence-corrected chi connectivity index (χ2v) is 8.79. The second-order valence-electron chi connectivity index (χ2n) is 5.55. The predicted octanol–water partition coefficient (Wildman–Crippen LogP) is -0.320. The molecule has 12 nitrogen and oxygen atoms in total. The first-order valence-electron chi connectivity index (χ1n) is 8.54. The summed E-state index contributed by atoms with van der Waals surface area (Å²) in [6, 6.07) is 22.9. The molecule has 0 unspecified atom stereocenters. The van der Waals surface area contributed by atoms with Crippen molar-refractivity contribution in [1.82, 2.24) is 0 Å². The Hall–Kier alpha value is -1.80. The van der Waals surface area contributed by atoms with E-state index < -0.39 is 23.5 Å². The molecule has 16 heteroatoms. The van der Waals surface area contributed by atoms with Gasteiger partial charge < -0.3 is 56.6 Å². The van der Waals surface area contributed by atoms with Crippen LogP contribution in [0.4, 0.5) is 0 Å². The number of hydrogen-bond acceptors (Lipinski definition) is 12. The van der Waals surface area contributed by atoms with Gasteiger partial charge in [-0.25, -0.2) is 0 Å². The fourth-order valence-corrected chi connectivity index (χ4v) is 2.97. The zero-order valence-electron chi connectivity index (χ0n) is 16.8. The summed E-state index contributed by atoms with van der Waals surface area (Å²) in [5, 5.41) is 0. The number of benzene rings is 3. The SMILES string of the molecule is O=P([O-])([O-])Oc1ccccc1.O=P([O-])([O-])Oc1ccccc1.O=P([O-])([O-])Oc1ccccc1.[Mo+6]. The van der Waals surface area contributed by atoms with Gasteiger partial charge in [0.2, 0.25) is 0 Å². The van der Waals surface area contributed by atoms with Crippen molar-refractivity contribution >= 4 is 23.5 Å². The molecule has 0 fully saturated rings. The van der Waals surface area contributed by atoms with E-state index in [2.05, 4.69) is 13.6 Å². The number of phosphoric acid groups is 3. The summed E-state index contributed by atoms with van der Waals surface area (Å²) in [5.74, 6) is 0.127. The van der Waals surface area contributed by atoms with Crippen molar-refractivity contribution in [2.45, 2.75) is 0 Å². The van der Waals surface area contributed by atoms with E-state index in [0.29, 0.717) is 0 Å². The van der Waals surface area contributed by atoms with Crippen molar-refractivity contribution in [3.8, 4) is 17.2 Å². The van der Waals surface area contributed by atoms with Crippen molar-refractivity contribution in [2.24, 2.45) is 0 Å². The van der Waals surface area contributed by atoms with E-state index in [0.717, 1.165) is 0 Å². The van der Waals surface area contributed by atoms with Crippen LogP contribution < -0.4 is 42.9 Å². The zero-order valence-corrected chi connectivity index (χ0v) is 21.5. The molecule has 3 rings (SSSR count). The van der Waals surface area contributed by atoms with Gasteiger partial charge in [0.05, 0.1) is 0 Å². The monoisotopic (exact) mass is 614 g/mol. The van der Waals surface area contributed by atoms with E-state index in [1.54, 1.807) is 54.6 Å². The summed E-state index contributed by atoms with van der Waals surface area (Å²) in [4.78, 5) is 60.3. The van der Waals surface area contributed by atoms with E-state index in [1.165, 1.54) is 36.4 Å². The van der Waals surface area contributed by atoms with E-state index in [-0.39, 0.29) is 38.3 Å². The summed E-state index contributed by atoms with van der Waals surface area (Å²) in [5.41, 5.74) is 0. The molecule has 0 spiro atoms. The maximum absolute atomic E-state index is 10.1. The van der Waals surface area contributed by atoms with Gasteiger partial charge in [-0.15, -0.1) is 0 Å². The third kappa shape index (κ3) is 18.6. The Balaban J connectivity index is 0.000000473. The summed E-state index contributed by atoms with van der Waals surface area (Å²) in [6.07, 6.45) is 0. The Bertz CT molecular complexity index is 943. The van der Waals surface area contributed by atoms with Crippen LogP contribution in [0.25, 0.3) is 0 Å². The molecular formula is C18H15MoO12P3. The molecule has 34 heavy (non-hydrogen) atoms. The van der Waals surface area contributed by atoms with E-state index in [9.17, 15) is 43.1 Å². The minimum atomic E-state index is -4.89. The average Bonchev–Trinajstić information content (AvgIpc) is 2.67. The molecule has 0 atom stereocenters. The van der Waals surface area contributed by atoms with Crippen molar-refractivity contribution in [2.75, 3.05) is 0 Å². The van der Waals surface area contributed by atoms with Gasteiger partial charge in [0.1, 0.15) is 40.7 Å². The minimum absolute atomic E-state index is 0. The standard InChI is InChI=1S/3C6H7O4P.Mo/c3*7-11(8,9)10-6-4-2-1-3-5-6;/h3*1-5H,(H2,7,8,9);/q;;;+6/p-6. The van der Waals surface area contributed by atoms with Gasteiger partial charge in [-0.2, -0.15) is 0 Å². The largest absolute Gasteiger partial charge is 6.00 e. The van der Waals surface area contributed by atoms with Crippen LogP contribution in [0.2, 0.25) is 0 Å². The van der Waals surface area contributed by atoms with Gasteiger partial charge in [0.15, 0.2) is 0 Å². The molecule has 0 bridgehead atoms. The van der Waals surface area contributed by atoms with Gasteiger partial charge in [0, 0.05) is 0 Å². The summed E-state index contributed by atoms with van der Waals surface area (Å²) < 4.78 is 42.3. The number of phosphoric ester groups is 3. The molecule has 3 aromatic carbocycles. The molecule has 0 heterocycles. The molecular weight excluding hydrogens is 597 g/mol. The molecule has 0 aliphatic carbocycles. The van der Waals surface area contributed by atoms with Gasteiger partial charge in [-0.3, -0.25) is 0 Å². The Labute approximate surface area is 209 Å².